The molecule has 12 heavy (non-hydrogen) atoms. The molecule has 1 atom stereocenters. The number of aliphatic imine (C=N–C) groups is 1. The maximum absolute atomic E-state index is 7.26. The van der Waals surface area contributed by atoms with Gasteiger partial charge in [0.05, 0.1) is 11.8 Å². The molecular formula is C8H16N4. The second-order valence-corrected chi connectivity index (χ2v) is 3.01. The van der Waals surface area contributed by atoms with Gasteiger partial charge in [-0.05, 0) is 19.4 Å². The summed E-state index contributed by atoms with van der Waals surface area (Å²) in [5, 5.41) is 10.5. The first-order valence-corrected chi connectivity index (χ1v) is 4.34. The minimum atomic E-state index is 0.281. The summed E-state index contributed by atoms with van der Waals surface area (Å²) in [5.41, 5.74) is 5.66. The lowest BCUT2D eigenvalue weighted by Gasteiger charge is -2.18. The Morgan fingerprint density at radius 3 is 3.17 bits per heavy atom. The molecule has 1 heterocycles. The minimum Gasteiger partial charge on any atom is -0.325 e. The molecule has 4 N–H and O–H groups in total. The summed E-state index contributed by atoms with van der Waals surface area (Å²) in [7, 11) is 0. The quantitative estimate of drug-likeness (QED) is 0.510. The fourth-order valence-electron chi connectivity index (χ4n) is 1.21. The van der Waals surface area contributed by atoms with E-state index in [2.05, 4.69) is 10.3 Å². The third kappa shape index (κ3) is 3.11. The van der Waals surface area contributed by atoms with Gasteiger partial charge in [0.25, 0.3) is 0 Å². The predicted molar refractivity (Wildman–Crippen MR) is 51.2 cm³/mol. The van der Waals surface area contributed by atoms with Crippen LogP contribution in [0.15, 0.2) is 4.99 Å². The molecular weight excluding hydrogens is 152 g/mol. The van der Waals surface area contributed by atoms with Crippen molar-refractivity contribution in [1.82, 2.24) is 5.32 Å². The van der Waals surface area contributed by atoms with Gasteiger partial charge in [0, 0.05) is 19.3 Å². The Kier molecular flexibility index (Phi) is 3.90. The highest BCUT2D eigenvalue weighted by Crippen LogP contribution is 2.04. The van der Waals surface area contributed by atoms with Crippen LogP contribution in [-0.2, 0) is 0 Å². The molecule has 4 nitrogen and oxygen atoms in total. The van der Waals surface area contributed by atoms with Gasteiger partial charge in [-0.1, -0.05) is 0 Å². The largest absolute Gasteiger partial charge is 0.325 e. The standard InChI is InChI=1S/C8H16N4/c9-4-7(10)5-12-8-2-1-3-11-6-8/h5,8,10-11H,1-4,6,9H2. The fraction of sp³-hybridized carbons (Fsp3) is 0.750. The average molecular weight is 168 g/mol. The van der Waals surface area contributed by atoms with E-state index in [1.165, 1.54) is 6.42 Å². The third-order valence-corrected chi connectivity index (χ3v) is 1.93. The number of nitrogens with zero attached hydrogens (tertiary/aromatic N) is 1. The molecule has 0 amide bonds. The summed E-state index contributed by atoms with van der Waals surface area (Å²) in [6, 6.07) is 0.352. The monoisotopic (exact) mass is 168 g/mol. The summed E-state index contributed by atoms with van der Waals surface area (Å²) in [6.07, 6.45) is 3.89. The molecule has 1 fully saturated rings. The van der Waals surface area contributed by atoms with E-state index in [4.69, 9.17) is 11.1 Å². The van der Waals surface area contributed by atoms with Crippen LogP contribution in [0.3, 0.4) is 0 Å². The Morgan fingerprint density at radius 1 is 1.75 bits per heavy atom. The fourth-order valence-corrected chi connectivity index (χ4v) is 1.21. The zero-order valence-corrected chi connectivity index (χ0v) is 7.21. The Hall–Kier alpha value is -0.740. The first-order valence-electron chi connectivity index (χ1n) is 4.34. The molecule has 0 aromatic heterocycles. The highest BCUT2D eigenvalue weighted by atomic mass is 14.9. The molecule has 1 saturated heterocycles. The Balaban J connectivity index is 2.28. The van der Waals surface area contributed by atoms with Gasteiger partial charge in [0.1, 0.15) is 0 Å². The molecule has 68 valence electrons. The maximum Gasteiger partial charge on any atom is 0.0627 e. The summed E-state index contributed by atoms with van der Waals surface area (Å²) >= 11 is 0. The second-order valence-electron chi connectivity index (χ2n) is 3.01. The summed E-state index contributed by atoms with van der Waals surface area (Å²) in [6.45, 7) is 2.32. The van der Waals surface area contributed by atoms with Crippen molar-refractivity contribution in [3.8, 4) is 0 Å². The van der Waals surface area contributed by atoms with Gasteiger partial charge in [-0.15, -0.1) is 0 Å². The zero-order chi connectivity index (χ0) is 8.81. The first-order chi connectivity index (χ1) is 5.83. The van der Waals surface area contributed by atoms with Crippen molar-refractivity contribution in [2.45, 2.75) is 18.9 Å². The van der Waals surface area contributed by atoms with E-state index in [9.17, 15) is 0 Å². The molecule has 1 unspecified atom stereocenters. The van der Waals surface area contributed by atoms with Gasteiger partial charge in [0.2, 0.25) is 0 Å². The van der Waals surface area contributed by atoms with Crippen LogP contribution in [0.4, 0.5) is 0 Å². The van der Waals surface area contributed by atoms with Gasteiger partial charge >= 0.3 is 0 Å². The van der Waals surface area contributed by atoms with Crippen molar-refractivity contribution in [3.05, 3.63) is 0 Å². The topological polar surface area (TPSA) is 74.3 Å². The molecule has 4 heteroatoms. The van der Waals surface area contributed by atoms with Crippen LogP contribution in [0.2, 0.25) is 0 Å². The number of hydrogen-bond donors (Lipinski definition) is 3. The average Bonchev–Trinajstić information content (AvgIpc) is 2.16. The van der Waals surface area contributed by atoms with Gasteiger partial charge in [-0.25, -0.2) is 0 Å². The highest BCUT2D eigenvalue weighted by molar-refractivity contribution is 6.30. The minimum absolute atomic E-state index is 0.281. The Morgan fingerprint density at radius 2 is 2.58 bits per heavy atom. The van der Waals surface area contributed by atoms with Crippen molar-refractivity contribution >= 4 is 11.9 Å². The third-order valence-electron chi connectivity index (χ3n) is 1.93. The van der Waals surface area contributed by atoms with Crippen LogP contribution in [0.25, 0.3) is 0 Å². The Bertz CT molecular complexity index is 170. The van der Waals surface area contributed by atoms with E-state index in [0.717, 1.165) is 19.5 Å². The SMILES string of the molecule is N=C(C=NC1CCCNC1)CN. The van der Waals surface area contributed by atoms with Crippen LogP contribution >= 0.6 is 0 Å². The van der Waals surface area contributed by atoms with Gasteiger partial charge < -0.3 is 16.5 Å². The molecule has 0 aromatic carbocycles. The molecule has 0 aliphatic carbocycles. The zero-order valence-electron chi connectivity index (χ0n) is 7.21. The van der Waals surface area contributed by atoms with Crippen molar-refractivity contribution in [1.29, 1.82) is 5.41 Å². The summed E-state index contributed by atoms with van der Waals surface area (Å²) < 4.78 is 0. The van der Waals surface area contributed by atoms with Crippen molar-refractivity contribution in [3.63, 3.8) is 0 Å². The number of piperidine rings is 1. The molecule has 0 radical (unpaired) electrons. The molecule has 1 rings (SSSR count). The van der Waals surface area contributed by atoms with E-state index in [-0.39, 0.29) is 6.54 Å². The van der Waals surface area contributed by atoms with E-state index in [1.54, 1.807) is 6.21 Å². The smallest absolute Gasteiger partial charge is 0.0627 e. The van der Waals surface area contributed by atoms with Crippen LogP contribution in [0, 0.1) is 5.41 Å². The lowest BCUT2D eigenvalue weighted by molar-refractivity contribution is 0.462. The first kappa shape index (κ1) is 9.35. The molecule has 1 aliphatic rings. The second kappa shape index (κ2) is 5.00. The van der Waals surface area contributed by atoms with Crippen molar-refractivity contribution in [2.75, 3.05) is 19.6 Å². The number of rotatable bonds is 3. The van der Waals surface area contributed by atoms with E-state index < -0.39 is 0 Å². The van der Waals surface area contributed by atoms with E-state index in [0.29, 0.717) is 11.8 Å². The van der Waals surface area contributed by atoms with Gasteiger partial charge in [0.15, 0.2) is 0 Å². The van der Waals surface area contributed by atoms with E-state index in [1.807, 2.05) is 0 Å². The molecule has 0 spiro atoms. The molecule has 1 aliphatic heterocycles. The van der Waals surface area contributed by atoms with Crippen LogP contribution < -0.4 is 11.1 Å². The number of hydrogen-bond acceptors (Lipinski definition) is 4. The summed E-state index contributed by atoms with van der Waals surface area (Å²) in [5.74, 6) is 0. The lowest BCUT2D eigenvalue weighted by atomic mass is 10.1. The van der Waals surface area contributed by atoms with Crippen LogP contribution in [0.1, 0.15) is 12.8 Å². The van der Waals surface area contributed by atoms with Gasteiger partial charge in [-0.2, -0.15) is 0 Å². The van der Waals surface area contributed by atoms with Crippen LogP contribution in [0.5, 0.6) is 0 Å². The summed E-state index contributed by atoms with van der Waals surface area (Å²) in [4.78, 5) is 4.26. The number of nitrogens with two attached hydrogens (primary N) is 1. The Labute approximate surface area is 72.8 Å². The highest BCUT2D eigenvalue weighted by Gasteiger charge is 2.09. The van der Waals surface area contributed by atoms with E-state index >= 15 is 0 Å². The maximum atomic E-state index is 7.26. The molecule has 0 saturated carbocycles. The molecule has 0 bridgehead atoms. The van der Waals surface area contributed by atoms with Crippen LogP contribution in [-0.4, -0.2) is 37.6 Å². The predicted octanol–water partition coefficient (Wildman–Crippen LogP) is -0.212. The van der Waals surface area contributed by atoms with Gasteiger partial charge in [-0.3, -0.25) is 4.99 Å². The number of nitrogens with one attached hydrogen (secondary N) is 2. The molecule has 0 aromatic rings. The van der Waals surface area contributed by atoms with Crippen molar-refractivity contribution < 1.29 is 0 Å². The van der Waals surface area contributed by atoms with Crippen molar-refractivity contribution in [2.24, 2.45) is 10.7 Å². The normalized spacial score (nSPS) is 24.6. The lowest BCUT2D eigenvalue weighted by Crippen LogP contribution is -2.32.